The van der Waals surface area contributed by atoms with Gasteiger partial charge in [-0.05, 0) is 189 Å². The molecule has 0 heterocycles. The minimum atomic E-state index is -4.37. The number of rotatable bonds is 13. The molecule has 334 valence electrons. The van der Waals surface area contributed by atoms with Crippen molar-refractivity contribution in [3.8, 4) is 17.2 Å². The maximum atomic E-state index is 14.7. The van der Waals surface area contributed by atoms with E-state index in [4.69, 9.17) is 17.8 Å². The van der Waals surface area contributed by atoms with Crippen LogP contribution in [0.4, 0.5) is 0 Å². The van der Waals surface area contributed by atoms with Crippen LogP contribution >= 0.6 is 10.3 Å². The van der Waals surface area contributed by atoms with Gasteiger partial charge in [0.25, 0.3) is 0 Å². The molecule has 67 heavy (non-hydrogen) atoms. The summed E-state index contributed by atoms with van der Waals surface area (Å²) in [4.78, 5) is 2.05. The maximum absolute atomic E-state index is 14.7. The normalized spacial score (nSPS) is 12.4. The summed E-state index contributed by atoms with van der Waals surface area (Å²) in [5.74, 6) is 1.92. The molecule has 0 atom stereocenters. The van der Waals surface area contributed by atoms with Gasteiger partial charge in [-0.15, -0.1) is 0 Å². The SMILES string of the molecule is Cc1ccc(S(=O)(=O)OS(c2ccc(OCc3cc4ccccc4c4ccccc34)cc2)(c2ccc(OCc3cc4ccccc4c4ccccc34)cc2)c2ccc(OC(C)(C)C)cc2)cc1. The summed E-state index contributed by atoms with van der Waals surface area (Å²) in [6, 6.07) is 67.5. The van der Waals surface area contributed by atoms with Gasteiger partial charge < -0.3 is 14.2 Å². The summed E-state index contributed by atoms with van der Waals surface area (Å²) in [5.41, 5.74) is 2.63. The first-order chi connectivity index (χ1) is 32.4. The average molecular weight is 919 g/mol. The fourth-order valence-corrected chi connectivity index (χ4v) is 13.9. The second-order valence-electron chi connectivity index (χ2n) is 17.7. The number of hydrogen-bond donors (Lipinski definition) is 0. The van der Waals surface area contributed by atoms with E-state index in [1.807, 2.05) is 100 Å². The lowest BCUT2D eigenvalue weighted by Crippen LogP contribution is -2.22. The van der Waals surface area contributed by atoms with Crippen molar-refractivity contribution in [2.45, 2.75) is 66.1 Å². The first kappa shape index (κ1) is 43.8. The molecule has 10 rings (SSSR count). The van der Waals surface area contributed by atoms with Gasteiger partial charge in [-0.2, -0.15) is 8.42 Å². The van der Waals surface area contributed by atoms with Crippen LogP contribution in [0.2, 0.25) is 0 Å². The second kappa shape index (κ2) is 17.9. The molecule has 0 bridgehead atoms. The van der Waals surface area contributed by atoms with Crippen LogP contribution in [0.5, 0.6) is 17.2 Å². The van der Waals surface area contributed by atoms with E-state index >= 15 is 0 Å². The molecule has 0 aliphatic carbocycles. The first-order valence-electron chi connectivity index (χ1n) is 22.3. The Kier molecular flexibility index (Phi) is 11.7. The average Bonchev–Trinajstić information content (AvgIpc) is 3.34. The number of benzene rings is 10. The van der Waals surface area contributed by atoms with Crippen LogP contribution in [0.3, 0.4) is 0 Å². The van der Waals surface area contributed by atoms with Crippen LogP contribution in [0, 0.1) is 6.92 Å². The van der Waals surface area contributed by atoms with Crippen LogP contribution < -0.4 is 14.2 Å². The second-order valence-corrected chi connectivity index (χ2v) is 22.2. The highest BCUT2D eigenvalue weighted by Gasteiger charge is 2.39. The third-order valence-electron chi connectivity index (χ3n) is 11.9. The van der Waals surface area contributed by atoms with Crippen LogP contribution in [-0.2, 0) is 27.0 Å². The van der Waals surface area contributed by atoms with E-state index < -0.39 is 26.0 Å². The van der Waals surface area contributed by atoms with Crippen molar-refractivity contribution in [2.24, 2.45) is 0 Å². The van der Waals surface area contributed by atoms with Crippen molar-refractivity contribution in [1.29, 1.82) is 0 Å². The van der Waals surface area contributed by atoms with Gasteiger partial charge in [0.1, 0.15) is 36.1 Å². The van der Waals surface area contributed by atoms with E-state index in [2.05, 4.69) is 109 Å². The minimum Gasteiger partial charge on any atom is -0.489 e. The first-order valence-corrected chi connectivity index (χ1v) is 25.3. The molecule has 10 aromatic rings. The molecule has 0 aliphatic rings. The van der Waals surface area contributed by atoms with E-state index in [0.29, 0.717) is 45.1 Å². The lowest BCUT2D eigenvalue weighted by Gasteiger charge is -2.39. The van der Waals surface area contributed by atoms with Crippen LogP contribution in [0.15, 0.2) is 226 Å². The molecule has 0 aromatic heterocycles. The standard InChI is InChI=1S/C59H50O6S2/c1-41-21-29-52(30-22-41)67(60,61)65-66(51-35-27-48(28-36-51)64-59(2,3)4,49-31-23-46(24-32-49)62-39-44-37-42-13-5-7-15-53(42)57-19-11-9-17-55(44)57)50-33-25-47(26-34-50)63-40-45-38-43-14-6-8-16-54(43)58-20-12-10-18-56(45)58/h5-38H,39-40H2,1-4H3. The molecular weight excluding hydrogens is 869 g/mol. The summed E-state index contributed by atoms with van der Waals surface area (Å²) in [6.45, 7) is 8.58. The zero-order valence-corrected chi connectivity index (χ0v) is 39.4. The van der Waals surface area contributed by atoms with Crippen molar-refractivity contribution in [3.63, 3.8) is 0 Å². The lowest BCUT2D eigenvalue weighted by molar-refractivity contribution is 0.131. The smallest absolute Gasteiger partial charge is 0.307 e. The van der Waals surface area contributed by atoms with Gasteiger partial charge in [-0.3, -0.25) is 0 Å². The molecule has 8 heteroatoms. The molecule has 0 unspecified atom stereocenters. The third kappa shape index (κ3) is 8.96. The number of ether oxygens (including phenoxy) is 3. The third-order valence-corrected chi connectivity index (χ3v) is 17.1. The summed E-state index contributed by atoms with van der Waals surface area (Å²) in [5, 5.41) is 9.30. The highest BCUT2D eigenvalue weighted by atomic mass is 32.3. The van der Waals surface area contributed by atoms with E-state index in [9.17, 15) is 8.42 Å². The monoisotopic (exact) mass is 918 g/mol. The van der Waals surface area contributed by atoms with Gasteiger partial charge in [-0.1, -0.05) is 115 Å². The molecule has 0 saturated heterocycles. The van der Waals surface area contributed by atoms with Crippen molar-refractivity contribution in [1.82, 2.24) is 0 Å². The predicted molar refractivity (Wildman–Crippen MR) is 273 cm³/mol. The van der Waals surface area contributed by atoms with Gasteiger partial charge in [0.2, 0.25) is 0 Å². The minimum absolute atomic E-state index is 0.0628. The number of hydrogen-bond acceptors (Lipinski definition) is 6. The van der Waals surface area contributed by atoms with Crippen LogP contribution in [-0.4, -0.2) is 14.0 Å². The van der Waals surface area contributed by atoms with Gasteiger partial charge in [0.05, 0.1) is 4.90 Å². The van der Waals surface area contributed by atoms with Crippen LogP contribution in [0.25, 0.3) is 43.1 Å². The van der Waals surface area contributed by atoms with Gasteiger partial charge >= 0.3 is 10.1 Å². The summed E-state index contributed by atoms with van der Waals surface area (Å²) >= 11 is 0. The van der Waals surface area contributed by atoms with E-state index in [-0.39, 0.29) is 4.90 Å². The molecule has 0 amide bonds. The van der Waals surface area contributed by atoms with Crippen molar-refractivity contribution < 1.29 is 26.3 Å². The molecular formula is C59H50O6S2. The Balaban J connectivity index is 1.05. The molecule has 0 radical (unpaired) electrons. The van der Waals surface area contributed by atoms with E-state index in [0.717, 1.165) is 38.2 Å². The summed E-state index contributed by atoms with van der Waals surface area (Å²) in [7, 11) is -7.40. The van der Waals surface area contributed by atoms with E-state index in [1.54, 1.807) is 24.3 Å². The zero-order chi connectivity index (χ0) is 46.2. The molecule has 0 saturated carbocycles. The molecule has 0 N–H and O–H groups in total. The maximum Gasteiger partial charge on any atom is 0.307 e. The molecule has 10 aromatic carbocycles. The lowest BCUT2D eigenvalue weighted by atomic mass is 9.98. The van der Waals surface area contributed by atoms with Gasteiger partial charge in [-0.25, -0.2) is 3.63 Å². The van der Waals surface area contributed by atoms with E-state index in [1.165, 1.54) is 21.5 Å². The Labute approximate surface area is 394 Å². The number of aryl methyl sites for hydroxylation is 1. The molecule has 0 fully saturated rings. The Morgan fingerprint density at radius 3 is 1.18 bits per heavy atom. The topological polar surface area (TPSA) is 71.1 Å². The summed E-state index contributed by atoms with van der Waals surface area (Å²) in [6.07, 6.45) is 0. The van der Waals surface area contributed by atoms with Crippen molar-refractivity contribution in [3.05, 3.63) is 223 Å². The molecule has 0 spiro atoms. The zero-order valence-electron chi connectivity index (χ0n) is 37.8. The van der Waals surface area contributed by atoms with Gasteiger partial charge in [0, 0.05) is 14.7 Å². The fraction of sp³-hybridized carbons (Fsp3) is 0.119. The largest absolute Gasteiger partial charge is 0.489 e. The highest BCUT2D eigenvalue weighted by Crippen LogP contribution is 2.70. The van der Waals surface area contributed by atoms with Crippen LogP contribution in [0.1, 0.15) is 37.5 Å². The quantitative estimate of drug-likeness (QED) is 0.107. The Morgan fingerprint density at radius 1 is 0.403 bits per heavy atom. The predicted octanol–water partition coefficient (Wildman–Crippen LogP) is 15.5. The molecule has 6 nitrogen and oxygen atoms in total. The summed E-state index contributed by atoms with van der Waals surface area (Å²) < 4.78 is 55.5. The number of fused-ring (bicyclic) bond motifs is 6. The van der Waals surface area contributed by atoms with Crippen molar-refractivity contribution in [2.75, 3.05) is 0 Å². The highest BCUT2D eigenvalue weighted by molar-refractivity contribution is 8.33. The van der Waals surface area contributed by atoms with Gasteiger partial charge in [0.15, 0.2) is 0 Å². The van der Waals surface area contributed by atoms with Crippen molar-refractivity contribution >= 4 is 63.5 Å². The Hall–Kier alpha value is -7.10. The fourth-order valence-electron chi connectivity index (χ4n) is 8.74. The Bertz CT molecular complexity index is 3340. The Morgan fingerprint density at radius 2 is 0.761 bits per heavy atom. The molecule has 0 aliphatic heterocycles.